The quantitative estimate of drug-likeness (QED) is 0.907. The summed E-state index contributed by atoms with van der Waals surface area (Å²) >= 11 is 0. The van der Waals surface area contributed by atoms with Crippen molar-refractivity contribution in [2.45, 2.75) is 13.0 Å². The molecule has 5 heteroatoms. The van der Waals surface area contributed by atoms with Crippen molar-refractivity contribution < 1.29 is 4.79 Å². The van der Waals surface area contributed by atoms with Crippen molar-refractivity contribution in [3.63, 3.8) is 0 Å². The number of hydrogen-bond donors (Lipinski definition) is 1. The highest BCUT2D eigenvalue weighted by molar-refractivity contribution is 5.79. The van der Waals surface area contributed by atoms with Crippen molar-refractivity contribution in [3.05, 3.63) is 36.7 Å². The lowest BCUT2D eigenvalue weighted by molar-refractivity contribution is -0.120. The van der Waals surface area contributed by atoms with Crippen LogP contribution in [0.3, 0.4) is 0 Å². The van der Waals surface area contributed by atoms with Gasteiger partial charge >= 0.3 is 0 Å². The Hall–Kier alpha value is -2.30. The lowest BCUT2D eigenvalue weighted by Gasteiger charge is -2.16. The summed E-state index contributed by atoms with van der Waals surface area (Å²) in [7, 11) is 3.99. The number of aromatic nitrogens is 2. The van der Waals surface area contributed by atoms with Gasteiger partial charge in [0.05, 0.1) is 6.20 Å². The molecule has 0 aliphatic rings. The van der Waals surface area contributed by atoms with Crippen molar-refractivity contribution >= 4 is 11.6 Å². The Balaban J connectivity index is 2.41. The van der Waals surface area contributed by atoms with E-state index in [2.05, 4.69) is 5.10 Å². The summed E-state index contributed by atoms with van der Waals surface area (Å²) in [5, 5.41) is 4.21. The fourth-order valence-electron chi connectivity index (χ4n) is 1.93. The van der Waals surface area contributed by atoms with Gasteiger partial charge in [-0.2, -0.15) is 5.10 Å². The molecule has 19 heavy (non-hydrogen) atoms. The lowest BCUT2D eigenvalue weighted by atomic mass is 10.1. The van der Waals surface area contributed by atoms with E-state index in [1.54, 1.807) is 17.8 Å². The van der Waals surface area contributed by atoms with Crippen LogP contribution in [0.2, 0.25) is 0 Å². The largest absolute Gasteiger partial charge is 0.377 e. The normalized spacial score (nSPS) is 12.2. The summed E-state index contributed by atoms with van der Waals surface area (Å²) in [6, 6.07) is 7.61. The number of carbonyl (C=O) groups is 1. The van der Waals surface area contributed by atoms with E-state index in [-0.39, 0.29) is 0 Å². The Morgan fingerprint density at radius 1 is 1.37 bits per heavy atom. The third-order valence-electron chi connectivity index (χ3n) is 3.11. The molecule has 1 aromatic carbocycles. The van der Waals surface area contributed by atoms with Gasteiger partial charge in [0.15, 0.2) is 0 Å². The minimum atomic E-state index is -0.444. The van der Waals surface area contributed by atoms with Gasteiger partial charge in [-0.15, -0.1) is 0 Å². The lowest BCUT2D eigenvalue weighted by Crippen LogP contribution is -2.24. The van der Waals surface area contributed by atoms with Crippen molar-refractivity contribution in [2.75, 3.05) is 19.0 Å². The second-order valence-electron chi connectivity index (χ2n) is 4.70. The molecule has 0 radical (unpaired) electrons. The summed E-state index contributed by atoms with van der Waals surface area (Å²) in [5.74, 6) is -0.393. The zero-order valence-corrected chi connectivity index (χ0v) is 11.4. The van der Waals surface area contributed by atoms with Crippen LogP contribution in [-0.2, 0) is 4.79 Å². The van der Waals surface area contributed by atoms with E-state index in [9.17, 15) is 4.79 Å². The van der Waals surface area contributed by atoms with Gasteiger partial charge in [0.1, 0.15) is 6.04 Å². The van der Waals surface area contributed by atoms with E-state index in [1.807, 2.05) is 49.5 Å². The molecule has 0 spiro atoms. The monoisotopic (exact) mass is 258 g/mol. The second kappa shape index (κ2) is 5.14. The van der Waals surface area contributed by atoms with Crippen LogP contribution < -0.4 is 10.6 Å². The van der Waals surface area contributed by atoms with E-state index in [1.165, 1.54) is 0 Å². The molecule has 0 aliphatic carbocycles. The molecule has 1 aromatic heterocycles. The Kier molecular flexibility index (Phi) is 3.55. The molecule has 1 amide bonds. The van der Waals surface area contributed by atoms with Crippen LogP contribution in [0.5, 0.6) is 0 Å². The van der Waals surface area contributed by atoms with Crippen LogP contribution in [0.25, 0.3) is 11.1 Å². The molecular formula is C14H18N4O. The molecule has 0 saturated carbocycles. The first-order valence-corrected chi connectivity index (χ1v) is 6.11. The molecule has 0 bridgehead atoms. The average molecular weight is 258 g/mol. The molecule has 2 aromatic rings. The van der Waals surface area contributed by atoms with E-state index in [4.69, 9.17) is 5.73 Å². The van der Waals surface area contributed by atoms with Gasteiger partial charge in [-0.3, -0.25) is 9.48 Å². The number of primary amides is 1. The maximum Gasteiger partial charge on any atom is 0.241 e. The summed E-state index contributed by atoms with van der Waals surface area (Å²) < 4.78 is 1.59. The van der Waals surface area contributed by atoms with Crippen LogP contribution in [0.4, 0.5) is 5.69 Å². The fraction of sp³-hybridized carbons (Fsp3) is 0.286. The highest BCUT2D eigenvalue weighted by Crippen LogP contribution is 2.29. The highest BCUT2D eigenvalue weighted by atomic mass is 16.1. The number of amides is 1. The number of anilines is 1. The Morgan fingerprint density at radius 2 is 2.05 bits per heavy atom. The number of carbonyl (C=O) groups excluding carboxylic acids is 1. The standard InChI is InChI=1S/C14H18N4O/c1-10(14(15)19)18-9-11(8-16-18)12-6-4-5-7-13(12)17(2)3/h4-10H,1-3H3,(H2,15,19). The highest BCUT2D eigenvalue weighted by Gasteiger charge is 2.14. The van der Waals surface area contributed by atoms with Crippen molar-refractivity contribution in [2.24, 2.45) is 5.73 Å². The van der Waals surface area contributed by atoms with E-state index < -0.39 is 11.9 Å². The zero-order valence-electron chi connectivity index (χ0n) is 11.4. The number of rotatable bonds is 4. The molecule has 5 nitrogen and oxygen atoms in total. The molecule has 0 saturated heterocycles. The smallest absolute Gasteiger partial charge is 0.241 e. The first kappa shape index (κ1) is 13.1. The van der Waals surface area contributed by atoms with Gasteiger partial charge < -0.3 is 10.6 Å². The second-order valence-corrected chi connectivity index (χ2v) is 4.70. The molecular weight excluding hydrogens is 240 g/mol. The Labute approximate surface area is 112 Å². The molecule has 100 valence electrons. The molecule has 0 fully saturated rings. The number of para-hydroxylation sites is 1. The topological polar surface area (TPSA) is 64.2 Å². The SMILES string of the molecule is CC(C(N)=O)n1cc(-c2ccccc2N(C)C)cn1. The maximum absolute atomic E-state index is 11.2. The minimum Gasteiger partial charge on any atom is -0.377 e. The van der Waals surface area contributed by atoms with Crippen LogP contribution >= 0.6 is 0 Å². The predicted octanol–water partition coefficient (Wildman–Crippen LogP) is 1.66. The maximum atomic E-state index is 11.2. The van der Waals surface area contributed by atoms with E-state index in [0.29, 0.717) is 0 Å². The van der Waals surface area contributed by atoms with Crippen LogP contribution in [-0.4, -0.2) is 29.8 Å². The molecule has 1 unspecified atom stereocenters. The summed E-state index contributed by atoms with van der Waals surface area (Å²) in [4.78, 5) is 13.2. The minimum absolute atomic E-state index is 0.393. The summed E-state index contributed by atoms with van der Waals surface area (Å²) in [5.41, 5.74) is 8.44. The average Bonchev–Trinajstić information content (AvgIpc) is 2.87. The van der Waals surface area contributed by atoms with E-state index in [0.717, 1.165) is 16.8 Å². The third kappa shape index (κ3) is 2.59. The Bertz CT molecular complexity index is 589. The molecule has 1 atom stereocenters. The van der Waals surface area contributed by atoms with Crippen molar-refractivity contribution in [1.29, 1.82) is 0 Å². The van der Waals surface area contributed by atoms with Gasteiger partial charge in [-0.1, -0.05) is 18.2 Å². The number of nitrogens with two attached hydrogens (primary N) is 1. The summed E-state index contributed by atoms with van der Waals surface area (Å²) in [6.07, 6.45) is 3.60. The number of nitrogens with zero attached hydrogens (tertiary/aromatic N) is 3. The fourth-order valence-corrected chi connectivity index (χ4v) is 1.93. The Morgan fingerprint density at radius 3 is 2.68 bits per heavy atom. The van der Waals surface area contributed by atoms with Crippen LogP contribution in [0, 0.1) is 0 Å². The van der Waals surface area contributed by atoms with Gasteiger partial charge in [-0.25, -0.2) is 0 Å². The van der Waals surface area contributed by atoms with Gasteiger partial charge in [0.25, 0.3) is 0 Å². The zero-order chi connectivity index (χ0) is 14.0. The van der Waals surface area contributed by atoms with Gasteiger partial charge in [0, 0.05) is 37.1 Å². The first-order valence-electron chi connectivity index (χ1n) is 6.11. The molecule has 1 heterocycles. The third-order valence-corrected chi connectivity index (χ3v) is 3.11. The molecule has 0 aliphatic heterocycles. The van der Waals surface area contributed by atoms with Crippen LogP contribution in [0.1, 0.15) is 13.0 Å². The van der Waals surface area contributed by atoms with Crippen molar-refractivity contribution in [3.8, 4) is 11.1 Å². The predicted molar refractivity (Wildman–Crippen MR) is 75.9 cm³/mol. The number of benzene rings is 1. The van der Waals surface area contributed by atoms with Gasteiger partial charge in [0.2, 0.25) is 5.91 Å². The number of hydrogen-bond acceptors (Lipinski definition) is 3. The first-order chi connectivity index (χ1) is 9.00. The van der Waals surface area contributed by atoms with Gasteiger partial charge in [-0.05, 0) is 13.0 Å². The van der Waals surface area contributed by atoms with Crippen LogP contribution in [0.15, 0.2) is 36.7 Å². The summed E-state index contributed by atoms with van der Waals surface area (Å²) in [6.45, 7) is 1.73. The van der Waals surface area contributed by atoms with Crippen molar-refractivity contribution in [1.82, 2.24) is 9.78 Å². The molecule has 2 rings (SSSR count). The molecule has 2 N–H and O–H groups in total. The van der Waals surface area contributed by atoms with E-state index >= 15 is 0 Å².